The van der Waals surface area contributed by atoms with Gasteiger partial charge in [0, 0.05) is 23.9 Å². The smallest absolute Gasteiger partial charge is 0.355 e. The lowest BCUT2D eigenvalue weighted by atomic mass is 10.2. The molecule has 0 bridgehead atoms. The molecule has 1 saturated heterocycles. The second-order valence-corrected chi connectivity index (χ2v) is 7.39. The van der Waals surface area contributed by atoms with E-state index in [9.17, 15) is 4.79 Å². The second-order valence-electron chi connectivity index (χ2n) is 7.39. The predicted molar refractivity (Wildman–Crippen MR) is 104 cm³/mol. The van der Waals surface area contributed by atoms with Crippen LogP contribution in [-0.4, -0.2) is 48.3 Å². The van der Waals surface area contributed by atoms with E-state index in [2.05, 4.69) is 7.05 Å². The fraction of sp³-hybridized carbons (Fsp3) is 0.318. The van der Waals surface area contributed by atoms with Crippen molar-refractivity contribution in [3.05, 3.63) is 66.4 Å². The first-order valence-corrected chi connectivity index (χ1v) is 9.33. The summed E-state index contributed by atoms with van der Waals surface area (Å²) in [4.78, 5) is 12.8. The Balaban J connectivity index is 1.60. The van der Waals surface area contributed by atoms with Gasteiger partial charge in [-0.25, -0.2) is 4.79 Å². The number of para-hydroxylation sites is 2. The Morgan fingerprint density at radius 3 is 2.50 bits per heavy atom. The van der Waals surface area contributed by atoms with Gasteiger partial charge in [-0.15, -0.1) is 0 Å². The maximum atomic E-state index is 12.8. The lowest BCUT2D eigenvalue weighted by Gasteiger charge is -2.28. The summed E-state index contributed by atoms with van der Waals surface area (Å²) >= 11 is 0. The lowest BCUT2D eigenvalue weighted by molar-refractivity contribution is -0.897. The van der Waals surface area contributed by atoms with Crippen molar-refractivity contribution in [1.29, 1.82) is 0 Å². The van der Waals surface area contributed by atoms with Crippen molar-refractivity contribution in [3.63, 3.8) is 0 Å². The van der Waals surface area contributed by atoms with Crippen molar-refractivity contribution in [1.82, 2.24) is 4.57 Å². The molecule has 3 aromatic rings. The number of ether oxygens (including phenoxy) is 1. The van der Waals surface area contributed by atoms with Gasteiger partial charge in [0.15, 0.2) is 0 Å². The molecule has 2 heterocycles. The standard InChI is InChI=1S/C22H25N2O2/c1-24(13-7-8-14-24)15-16-26-22(25)21-17-18-9-5-6-12-20(18)23(21)19-10-3-2-4-11-19/h2-6,9-12,17H,7-8,13-16H2,1H3/q+1. The maximum absolute atomic E-state index is 12.8. The fourth-order valence-electron chi connectivity index (χ4n) is 3.92. The number of hydrogen-bond acceptors (Lipinski definition) is 2. The number of carbonyl (C=O) groups excluding carboxylic acids is 1. The number of esters is 1. The first-order chi connectivity index (χ1) is 12.7. The van der Waals surface area contributed by atoms with E-state index < -0.39 is 0 Å². The van der Waals surface area contributed by atoms with Crippen molar-refractivity contribution in [2.75, 3.05) is 33.3 Å². The van der Waals surface area contributed by atoms with Gasteiger partial charge in [-0.2, -0.15) is 0 Å². The Hall–Kier alpha value is -2.59. The number of rotatable bonds is 5. The zero-order valence-corrected chi connectivity index (χ0v) is 15.2. The Kier molecular flexibility index (Phi) is 4.51. The van der Waals surface area contributed by atoms with Crippen molar-refractivity contribution < 1.29 is 14.0 Å². The van der Waals surface area contributed by atoms with Gasteiger partial charge in [0.2, 0.25) is 0 Å². The molecule has 0 spiro atoms. The third-order valence-electron chi connectivity index (χ3n) is 5.44. The van der Waals surface area contributed by atoms with Gasteiger partial charge in [0.25, 0.3) is 0 Å². The molecule has 1 aliphatic heterocycles. The fourth-order valence-corrected chi connectivity index (χ4v) is 3.92. The number of likely N-dealkylation sites (tertiary alicyclic amines) is 1. The summed E-state index contributed by atoms with van der Waals surface area (Å²) in [5.74, 6) is -0.254. The van der Waals surface area contributed by atoms with Gasteiger partial charge in [-0.3, -0.25) is 0 Å². The van der Waals surface area contributed by atoms with Crippen LogP contribution in [0.2, 0.25) is 0 Å². The van der Waals surface area contributed by atoms with Crippen LogP contribution in [0.25, 0.3) is 16.6 Å². The maximum Gasteiger partial charge on any atom is 0.355 e. The number of aromatic nitrogens is 1. The zero-order chi connectivity index (χ0) is 18.0. The quantitative estimate of drug-likeness (QED) is 0.514. The summed E-state index contributed by atoms with van der Waals surface area (Å²) in [6, 6.07) is 20.0. The molecule has 1 fully saturated rings. The molecule has 0 aliphatic carbocycles. The van der Waals surface area contributed by atoms with Crippen LogP contribution in [0.3, 0.4) is 0 Å². The second kappa shape index (κ2) is 6.96. The Morgan fingerprint density at radius 1 is 1.04 bits per heavy atom. The van der Waals surface area contributed by atoms with Crippen LogP contribution >= 0.6 is 0 Å². The summed E-state index contributed by atoms with van der Waals surface area (Å²) in [6.45, 7) is 3.71. The zero-order valence-electron chi connectivity index (χ0n) is 15.2. The van der Waals surface area contributed by atoms with Crippen LogP contribution in [-0.2, 0) is 4.74 Å². The normalized spacial score (nSPS) is 16.0. The van der Waals surface area contributed by atoms with Crippen molar-refractivity contribution in [2.24, 2.45) is 0 Å². The minimum atomic E-state index is -0.254. The summed E-state index contributed by atoms with van der Waals surface area (Å²) in [5, 5.41) is 1.04. The van der Waals surface area contributed by atoms with Gasteiger partial charge in [-0.05, 0) is 24.3 Å². The third-order valence-corrected chi connectivity index (χ3v) is 5.44. The summed E-state index contributed by atoms with van der Waals surface area (Å²) < 4.78 is 8.67. The average Bonchev–Trinajstić information content (AvgIpc) is 3.26. The minimum Gasteiger partial charge on any atom is -0.455 e. The average molecular weight is 349 g/mol. The molecule has 0 saturated carbocycles. The highest BCUT2D eigenvalue weighted by molar-refractivity contribution is 5.97. The molecule has 4 rings (SSSR count). The van der Waals surface area contributed by atoms with E-state index in [0.717, 1.165) is 27.6 Å². The summed E-state index contributed by atoms with van der Waals surface area (Å²) in [5.41, 5.74) is 2.57. The molecule has 2 aromatic carbocycles. The van der Waals surface area contributed by atoms with Crippen molar-refractivity contribution >= 4 is 16.9 Å². The first kappa shape index (κ1) is 16.9. The molecule has 0 radical (unpaired) electrons. The van der Waals surface area contributed by atoms with Crippen molar-refractivity contribution in [2.45, 2.75) is 12.8 Å². The van der Waals surface area contributed by atoms with Gasteiger partial charge in [-0.1, -0.05) is 36.4 Å². The molecule has 134 valence electrons. The Labute approximate surface area is 154 Å². The summed E-state index contributed by atoms with van der Waals surface area (Å²) in [7, 11) is 2.25. The molecule has 0 unspecified atom stereocenters. The van der Waals surface area contributed by atoms with Crippen LogP contribution in [0.15, 0.2) is 60.7 Å². The number of benzene rings is 2. The lowest BCUT2D eigenvalue weighted by Crippen LogP contribution is -2.43. The van der Waals surface area contributed by atoms with Gasteiger partial charge in [0.05, 0.1) is 25.7 Å². The molecule has 0 atom stereocenters. The topological polar surface area (TPSA) is 31.2 Å². The van der Waals surface area contributed by atoms with Crippen LogP contribution < -0.4 is 0 Å². The minimum absolute atomic E-state index is 0.254. The van der Waals surface area contributed by atoms with E-state index in [1.165, 1.54) is 25.9 Å². The molecule has 0 amide bonds. The molecule has 26 heavy (non-hydrogen) atoms. The highest BCUT2D eigenvalue weighted by Gasteiger charge is 2.27. The number of quaternary nitrogens is 1. The highest BCUT2D eigenvalue weighted by Crippen LogP contribution is 2.25. The number of likely N-dealkylation sites (N-methyl/N-ethyl adjacent to an activating group) is 1. The van der Waals surface area contributed by atoms with Gasteiger partial charge >= 0.3 is 5.97 Å². The van der Waals surface area contributed by atoms with E-state index >= 15 is 0 Å². The van der Waals surface area contributed by atoms with Crippen LogP contribution in [0, 0.1) is 0 Å². The molecule has 1 aliphatic rings. The van der Waals surface area contributed by atoms with Crippen LogP contribution in [0.5, 0.6) is 0 Å². The molecular weight excluding hydrogens is 324 g/mol. The van der Waals surface area contributed by atoms with Gasteiger partial charge in [0.1, 0.15) is 18.8 Å². The SMILES string of the molecule is C[N+]1(CCOC(=O)c2cc3ccccc3n2-c2ccccc2)CCCC1. The molecule has 4 heteroatoms. The first-order valence-electron chi connectivity index (χ1n) is 9.33. The van der Waals surface area contributed by atoms with E-state index in [-0.39, 0.29) is 5.97 Å². The molecule has 4 nitrogen and oxygen atoms in total. The monoisotopic (exact) mass is 349 g/mol. The molecule has 0 N–H and O–H groups in total. The Morgan fingerprint density at radius 2 is 1.73 bits per heavy atom. The Bertz CT molecular complexity index is 908. The third kappa shape index (κ3) is 3.25. The number of hydrogen-bond donors (Lipinski definition) is 0. The molecule has 1 aromatic heterocycles. The van der Waals surface area contributed by atoms with E-state index in [1.807, 2.05) is 65.2 Å². The van der Waals surface area contributed by atoms with Crippen LogP contribution in [0.4, 0.5) is 0 Å². The summed E-state index contributed by atoms with van der Waals surface area (Å²) in [6.07, 6.45) is 2.54. The van der Waals surface area contributed by atoms with E-state index in [0.29, 0.717) is 12.3 Å². The van der Waals surface area contributed by atoms with Gasteiger partial charge < -0.3 is 13.8 Å². The largest absolute Gasteiger partial charge is 0.455 e. The number of carbonyl (C=O) groups is 1. The predicted octanol–water partition coefficient (Wildman–Crippen LogP) is 4.03. The number of nitrogens with zero attached hydrogens (tertiary/aromatic N) is 2. The van der Waals surface area contributed by atoms with Crippen LogP contribution in [0.1, 0.15) is 23.3 Å². The van der Waals surface area contributed by atoms with Crippen molar-refractivity contribution in [3.8, 4) is 5.69 Å². The molecular formula is C22H25N2O2+. The van der Waals surface area contributed by atoms with E-state index in [1.54, 1.807) is 0 Å². The highest BCUT2D eigenvalue weighted by atomic mass is 16.5. The van der Waals surface area contributed by atoms with E-state index in [4.69, 9.17) is 4.74 Å². The number of fused-ring (bicyclic) bond motifs is 1.